The van der Waals surface area contributed by atoms with Crippen LogP contribution in [-0.2, 0) is 14.3 Å². The second-order valence-electron chi connectivity index (χ2n) is 6.71. The van der Waals surface area contributed by atoms with E-state index in [0.717, 1.165) is 0 Å². The summed E-state index contributed by atoms with van der Waals surface area (Å²) in [6.45, 7) is 9.56. The van der Waals surface area contributed by atoms with Crippen molar-refractivity contribution in [3.05, 3.63) is 42.5 Å². The number of hydrogen-bond donors (Lipinski definition) is 1. The second-order valence-corrected chi connectivity index (χ2v) is 6.71. The molecule has 2 rings (SSSR count). The van der Waals surface area contributed by atoms with E-state index in [1.165, 1.54) is 6.08 Å². The fourth-order valence-corrected chi connectivity index (χ4v) is 2.25. The third-order valence-electron chi connectivity index (χ3n) is 3.49. The van der Waals surface area contributed by atoms with Crippen molar-refractivity contribution in [2.45, 2.75) is 26.4 Å². The van der Waals surface area contributed by atoms with Crippen LogP contribution in [0.4, 0.5) is 5.69 Å². The van der Waals surface area contributed by atoms with Gasteiger partial charge in [-0.3, -0.25) is 14.4 Å². The number of nitrogens with zero attached hydrogens (tertiary/aromatic N) is 1. The minimum Gasteiger partial charge on any atom is -0.460 e. The maximum absolute atomic E-state index is 12.3. The number of esters is 1. The third-order valence-corrected chi connectivity index (χ3v) is 3.49. The van der Waals surface area contributed by atoms with E-state index in [9.17, 15) is 14.4 Å². The zero-order chi connectivity index (χ0) is 17.9. The van der Waals surface area contributed by atoms with Crippen molar-refractivity contribution in [2.24, 2.45) is 5.92 Å². The summed E-state index contributed by atoms with van der Waals surface area (Å²) in [7, 11) is 0. The molecule has 0 saturated carbocycles. The second kappa shape index (κ2) is 6.86. The van der Waals surface area contributed by atoms with Crippen LogP contribution in [-0.4, -0.2) is 41.4 Å². The Balaban J connectivity index is 1.89. The van der Waals surface area contributed by atoms with Gasteiger partial charge in [0.15, 0.2) is 0 Å². The summed E-state index contributed by atoms with van der Waals surface area (Å²) in [6.07, 6.45) is 1.18. The van der Waals surface area contributed by atoms with Gasteiger partial charge in [-0.05, 0) is 51.1 Å². The van der Waals surface area contributed by atoms with Gasteiger partial charge >= 0.3 is 5.97 Å². The Morgan fingerprint density at radius 2 is 1.79 bits per heavy atom. The van der Waals surface area contributed by atoms with Crippen molar-refractivity contribution in [1.29, 1.82) is 0 Å². The van der Waals surface area contributed by atoms with Gasteiger partial charge in [-0.2, -0.15) is 0 Å². The summed E-state index contributed by atoms with van der Waals surface area (Å²) in [5.74, 6) is -0.984. The largest absolute Gasteiger partial charge is 0.460 e. The summed E-state index contributed by atoms with van der Waals surface area (Å²) in [6, 6.07) is 6.59. The lowest BCUT2D eigenvalue weighted by atomic mass is 9.98. The fourth-order valence-electron chi connectivity index (χ4n) is 2.25. The number of ether oxygens (including phenoxy) is 1. The predicted octanol–water partition coefficient (Wildman–Crippen LogP) is 2.22. The van der Waals surface area contributed by atoms with E-state index in [2.05, 4.69) is 11.9 Å². The number of nitrogens with one attached hydrogen (secondary N) is 1. The third kappa shape index (κ3) is 4.44. The van der Waals surface area contributed by atoms with Crippen LogP contribution >= 0.6 is 0 Å². The lowest BCUT2D eigenvalue weighted by molar-refractivity contribution is -0.164. The van der Waals surface area contributed by atoms with E-state index >= 15 is 0 Å². The predicted molar refractivity (Wildman–Crippen MR) is 90.5 cm³/mol. The zero-order valence-electron chi connectivity index (χ0n) is 14.2. The SMILES string of the molecule is C=CC(=O)Nc1ccc(C(=O)N2CC(C(=O)OC(C)(C)C)C2)cc1. The summed E-state index contributed by atoms with van der Waals surface area (Å²) in [5.41, 5.74) is 0.577. The van der Waals surface area contributed by atoms with Crippen molar-refractivity contribution in [2.75, 3.05) is 18.4 Å². The van der Waals surface area contributed by atoms with Crippen molar-refractivity contribution in [1.82, 2.24) is 4.90 Å². The number of rotatable bonds is 4. The standard InChI is InChI=1S/C18H22N2O4/c1-5-15(21)19-14-8-6-12(7-9-14)16(22)20-10-13(11-20)17(23)24-18(2,3)4/h5-9,13H,1,10-11H2,2-4H3,(H,19,21). The molecule has 0 spiro atoms. The van der Waals surface area contributed by atoms with Crippen molar-refractivity contribution in [3.8, 4) is 0 Å². The van der Waals surface area contributed by atoms with Gasteiger partial charge in [0.25, 0.3) is 5.91 Å². The number of likely N-dealkylation sites (tertiary alicyclic amines) is 1. The molecule has 128 valence electrons. The molecule has 2 amide bonds. The highest BCUT2D eigenvalue weighted by Gasteiger charge is 2.38. The minimum absolute atomic E-state index is 0.142. The van der Waals surface area contributed by atoms with Gasteiger partial charge in [-0.25, -0.2) is 0 Å². The molecule has 0 bridgehead atoms. The Labute approximate surface area is 141 Å². The Morgan fingerprint density at radius 3 is 2.29 bits per heavy atom. The monoisotopic (exact) mass is 330 g/mol. The lowest BCUT2D eigenvalue weighted by Crippen LogP contribution is -2.54. The van der Waals surface area contributed by atoms with Gasteiger partial charge < -0.3 is 15.0 Å². The molecule has 24 heavy (non-hydrogen) atoms. The van der Waals surface area contributed by atoms with Crippen molar-refractivity contribution in [3.63, 3.8) is 0 Å². The smallest absolute Gasteiger partial charge is 0.313 e. The van der Waals surface area contributed by atoms with Gasteiger partial charge in [0.1, 0.15) is 5.60 Å². The van der Waals surface area contributed by atoms with Gasteiger partial charge in [-0.15, -0.1) is 0 Å². The molecule has 1 N–H and O–H groups in total. The van der Waals surface area contributed by atoms with Crippen LogP contribution in [0, 0.1) is 5.92 Å². The quantitative estimate of drug-likeness (QED) is 0.678. The topological polar surface area (TPSA) is 75.7 Å². The highest BCUT2D eigenvalue weighted by molar-refractivity contribution is 6.00. The molecule has 0 atom stereocenters. The number of carbonyl (C=O) groups excluding carboxylic acids is 3. The summed E-state index contributed by atoms with van der Waals surface area (Å²) in [4.78, 5) is 37.1. The van der Waals surface area contributed by atoms with Crippen LogP contribution in [0.1, 0.15) is 31.1 Å². The van der Waals surface area contributed by atoms with E-state index in [1.807, 2.05) is 20.8 Å². The average Bonchev–Trinajstić information content (AvgIpc) is 2.44. The highest BCUT2D eigenvalue weighted by atomic mass is 16.6. The van der Waals surface area contributed by atoms with E-state index in [1.54, 1.807) is 29.2 Å². The van der Waals surface area contributed by atoms with Crippen LogP contribution in [0.5, 0.6) is 0 Å². The van der Waals surface area contributed by atoms with Crippen LogP contribution in [0.2, 0.25) is 0 Å². The number of benzene rings is 1. The van der Waals surface area contributed by atoms with E-state index in [0.29, 0.717) is 24.3 Å². The van der Waals surface area contributed by atoms with Gasteiger partial charge in [0, 0.05) is 24.3 Å². The van der Waals surface area contributed by atoms with Gasteiger partial charge in [0.05, 0.1) is 5.92 Å². The first-order valence-corrected chi connectivity index (χ1v) is 7.75. The number of anilines is 1. The summed E-state index contributed by atoms with van der Waals surface area (Å²) >= 11 is 0. The molecule has 1 fully saturated rings. The van der Waals surface area contributed by atoms with Crippen molar-refractivity contribution >= 4 is 23.5 Å². The van der Waals surface area contributed by atoms with Gasteiger partial charge in [0.2, 0.25) is 5.91 Å². The molecule has 0 aromatic heterocycles. The lowest BCUT2D eigenvalue weighted by Gasteiger charge is -2.38. The molecule has 6 nitrogen and oxygen atoms in total. The Kier molecular flexibility index (Phi) is 5.07. The first-order chi connectivity index (χ1) is 11.2. The molecule has 1 aromatic carbocycles. The highest BCUT2D eigenvalue weighted by Crippen LogP contribution is 2.23. The average molecular weight is 330 g/mol. The number of amides is 2. The molecule has 0 aliphatic carbocycles. The first kappa shape index (κ1) is 17.7. The fraction of sp³-hybridized carbons (Fsp3) is 0.389. The van der Waals surface area contributed by atoms with Crippen LogP contribution in [0.3, 0.4) is 0 Å². The van der Waals surface area contributed by atoms with E-state index in [-0.39, 0.29) is 23.7 Å². The molecule has 1 heterocycles. The van der Waals surface area contributed by atoms with Crippen LogP contribution < -0.4 is 5.32 Å². The molecule has 0 unspecified atom stereocenters. The molecular formula is C18H22N2O4. The Hall–Kier alpha value is -2.63. The maximum Gasteiger partial charge on any atom is 0.313 e. The molecule has 6 heteroatoms. The number of carbonyl (C=O) groups is 3. The first-order valence-electron chi connectivity index (χ1n) is 7.75. The van der Waals surface area contributed by atoms with E-state index in [4.69, 9.17) is 4.74 Å². The molecule has 1 aromatic rings. The Bertz CT molecular complexity index is 653. The minimum atomic E-state index is -0.521. The van der Waals surface area contributed by atoms with Crippen LogP contribution in [0.25, 0.3) is 0 Å². The molecule has 1 aliphatic rings. The zero-order valence-corrected chi connectivity index (χ0v) is 14.2. The summed E-state index contributed by atoms with van der Waals surface area (Å²) in [5, 5.41) is 2.62. The number of hydrogen-bond acceptors (Lipinski definition) is 4. The van der Waals surface area contributed by atoms with Crippen molar-refractivity contribution < 1.29 is 19.1 Å². The molecule has 1 aliphatic heterocycles. The Morgan fingerprint density at radius 1 is 1.21 bits per heavy atom. The molecule has 0 radical (unpaired) electrons. The molecular weight excluding hydrogens is 308 g/mol. The van der Waals surface area contributed by atoms with E-state index < -0.39 is 5.60 Å². The maximum atomic E-state index is 12.3. The summed E-state index contributed by atoms with van der Waals surface area (Å²) < 4.78 is 5.31. The van der Waals surface area contributed by atoms with Crippen LogP contribution in [0.15, 0.2) is 36.9 Å². The molecule has 1 saturated heterocycles. The van der Waals surface area contributed by atoms with Gasteiger partial charge in [-0.1, -0.05) is 6.58 Å². The normalized spacial score (nSPS) is 14.5.